The molecule has 2 aliphatic rings. The van der Waals surface area contributed by atoms with Gasteiger partial charge in [0.25, 0.3) is 0 Å². The standard InChI is InChI=1S/C39H42N2.C3H8/c1-29-7-17-34(18-8-29)40-35-19-13-32(14-20-35)39(27-5-4-6-28-39)33-15-25-38(26-16-33)41(36-21-9-30(2)10-22-36)37-23-11-31(3)12-24-37;1-3-2/h7-23,25-26,37,40H,4-6,24,27-28H2,1-3H3;3H2,1-2H3. The van der Waals surface area contributed by atoms with Crippen LogP contribution in [0.2, 0.25) is 0 Å². The van der Waals surface area contributed by atoms with E-state index in [1.165, 1.54) is 77.7 Å². The zero-order valence-corrected chi connectivity index (χ0v) is 27.4. The first-order valence-corrected chi connectivity index (χ1v) is 16.7. The molecular formula is C42H50N2. The Hall–Kier alpha value is -4.04. The lowest BCUT2D eigenvalue weighted by molar-refractivity contribution is 0.346. The Morgan fingerprint density at radius 3 is 1.59 bits per heavy atom. The van der Waals surface area contributed by atoms with Crippen molar-refractivity contribution < 1.29 is 0 Å². The van der Waals surface area contributed by atoms with Gasteiger partial charge >= 0.3 is 0 Å². The molecule has 0 saturated heterocycles. The first kappa shape index (κ1) is 31.4. The van der Waals surface area contributed by atoms with Crippen LogP contribution in [0, 0.1) is 13.8 Å². The van der Waals surface area contributed by atoms with Crippen LogP contribution in [0.25, 0.3) is 0 Å². The predicted octanol–water partition coefficient (Wildman–Crippen LogP) is 12.1. The maximum atomic E-state index is 3.57. The van der Waals surface area contributed by atoms with Gasteiger partial charge in [-0.05, 0) is 99.7 Å². The molecule has 4 aromatic carbocycles. The Morgan fingerprint density at radius 2 is 1.09 bits per heavy atom. The van der Waals surface area contributed by atoms with Gasteiger partial charge in [0.05, 0.1) is 6.04 Å². The summed E-state index contributed by atoms with van der Waals surface area (Å²) in [4.78, 5) is 2.50. The molecule has 2 aliphatic carbocycles. The molecule has 0 heterocycles. The second-order valence-electron chi connectivity index (χ2n) is 12.8. The quantitative estimate of drug-likeness (QED) is 0.233. The average Bonchev–Trinajstić information content (AvgIpc) is 3.05. The SMILES string of the molecule is CC1=CCC(N(c2ccc(C)cc2)c2ccc(C3(c4ccc(Nc5ccc(C)cc5)cc4)CCCCC3)cc2)C=C1.CCC. The Kier molecular flexibility index (Phi) is 10.4. The van der Waals surface area contributed by atoms with Gasteiger partial charge in [-0.15, -0.1) is 0 Å². The number of hydrogen-bond acceptors (Lipinski definition) is 2. The number of hydrogen-bond donors (Lipinski definition) is 1. The lowest BCUT2D eigenvalue weighted by Gasteiger charge is -2.39. The van der Waals surface area contributed by atoms with E-state index in [1.54, 1.807) is 0 Å². The molecule has 0 amide bonds. The molecule has 2 heteroatoms. The minimum atomic E-state index is 0.0679. The van der Waals surface area contributed by atoms with E-state index in [1.807, 2.05) is 0 Å². The number of rotatable bonds is 7. The lowest BCUT2D eigenvalue weighted by atomic mass is 9.65. The van der Waals surface area contributed by atoms with Gasteiger partial charge in [-0.2, -0.15) is 0 Å². The highest BCUT2D eigenvalue weighted by molar-refractivity contribution is 5.67. The number of benzene rings is 4. The lowest BCUT2D eigenvalue weighted by Crippen LogP contribution is -2.31. The van der Waals surface area contributed by atoms with Gasteiger partial charge in [-0.3, -0.25) is 0 Å². The zero-order chi connectivity index (χ0) is 30.9. The zero-order valence-electron chi connectivity index (χ0n) is 27.4. The van der Waals surface area contributed by atoms with Crippen LogP contribution in [0.3, 0.4) is 0 Å². The molecule has 1 fully saturated rings. The maximum absolute atomic E-state index is 3.57. The molecule has 0 aliphatic heterocycles. The third-order valence-electron chi connectivity index (χ3n) is 9.09. The summed E-state index contributed by atoms with van der Waals surface area (Å²) in [5, 5.41) is 3.57. The van der Waals surface area contributed by atoms with Crippen molar-refractivity contribution in [3.05, 3.63) is 143 Å². The Morgan fingerprint density at radius 1 is 0.636 bits per heavy atom. The molecule has 44 heavy (non-hydrogen) atoms. The molecule has 1 saturated carbocycles. The van der Waals surface area contributed by atoms with Gasteiger partial charge in [0.2, 0.25) is 0 Å². The molecule has 0 radical (unpaired) electrons. The monoisotopic (exact) mass is 582 g/mol. The predicted molar refractivity (Wildman–Crippen MR) is 192 cm³/mol. The van der Waals surface area contributed by atoms with Crippen molar-refractivity contribution in [2.24, 2.45) is 0 Å². The van der Waals surface area contributed by atoms with E-state index in [0.29, 0.717) is 6.04 Å². The first-order chi connectivity index (χ1) is 21.4. The van der Waals surface area contributed by atoms with E-state index in [4.69, 9.17) is 0 Å². The molecule has 2 nitrogen and oxygen atoms in total. The highest BCUT2D eigenvalue weighted by atomic mass is 15.2. The van der Waals surface area contributed by atoms with E-state index in [9.17, 15) is 0 Å². The molecule has 6 rings (SSSR count). The van der Waals surface area contributed by atoms with Crippen LogP contribution in [0.1, 0.15) is 88.0 Å². The van der Waals surface area contributed by atoms with Crippen LogP contribution in [0.15, 0.2) is 121 Å². The highest BCUT2D eigenvalue weighted by Gasteiger charge is 2.36. The van der Waals surface area contributed by atoms with Gasteiger partial charge < -0.3 is 10.2 Å². The smallest absolute Gasteiger partial charge is 0.0560 e. The van der Waals surface area contributed by atoms with Crippen LogP contribution in [0.5, 0.6) is 0 Å². The summed E-state index contributed by atoms with van der Waals surface area (Å²) in [6.07, 6.45) is 15.5. The molecule has 1 unspecified atom stereocenters. The normalized spacial score (nSPS) is 17.2. The molecule has 228 valence electrons. The van der Waals surface area contributed by atoms with Crippen molar-refractivity contribution in [1.29, 1.82) is 0 Å². The Labute approximate surface area is 266 Å². The van der Waals surface area contributed by atoms with Gasteiger partial charge in [0.15, 0.2) is 0 Å². The Balaban J connectivity index is 0.00000123. The summed E-state index contributed by atoms with van der Waals surface area (Å²) in [7, 11) is 0. The molecule has 1 N–H and O–H groups in total. The molecule has 0 aromatic heterocycles. The highest BCUT2D eigenvalue weighted by Crippen LogP contribution is 2.46. The minimum absolute atomic E-state index is 0.0679. The van der Waals surface area contributed by atoms with Crippen LogP contribution in [-0.2, 0) is 5.41 Å². The molecular weight excluding hydrogens is 532 g/mol. The molecule has 4 aromatic rings. The van der Waals surface area contributed by atoms with E-state index < -0.39 is 0 Å². The second-order valence-corrected chi connectivity index (χ2v) is 12.8. The van der Waals surface area contributed by atoms with Crippen LogP contribution < -0.4 is 10.2 Å². The van der Waals surface area contributed by atoms with Crippen molar-refractivity contribution in [1.82, 2.24) is 0 Å². The number of aryl methyl sites for hydroxylation is 2. The summed E-state index contributed by atoms with van der Waals surface area (Å²) in [6, 6.07) is 36.6. The number of nitrogens with zero attached hydrogens (tertiary/aromatic N) is 1. The Bertz CT molecular complexity index is 1520. The maximum Gasteiger partial charge on any atom is 0.0560 e. The molecule has 1 atom stereocenters. The number of nitrogens with one attached hydrogen (secondary N) is 1. The van der Waals surface area contributed by atoms with Crippen molar-refractivity contribution in [3.8, 4) is 0 Å². The van der Waals surface area contributed by atoms with E-state index in [2.05, 4.69) is 160 Å². The van der Waals surface area contributed by atoms with Gasteiger partial charge in [0.1, 0.15) is 0 Å². The third-order valence-corrected chi connectivity index (χ3v) is 9.09. The minimum Gasteiger partial charge on any atom is -0.356 e. The van der Waals surface area contributed by atoms with Gasteiger partial charge in [0, 0.05) is 28.2 Å². The van der Waals surface area contributed by atoms with E-state index in [0.717, 1.165) is 17.8 Å². The van der Waals surface area contributed by atoms with Gasteiger partial charge in [-0.1, -0.05) is 123 Å². The van der Waals surface area contributed by atoms with E-state index >= 15 is 0 Å². The van der Waals surface area contributed by atoms with Crippen molar-refractivity contribution >= 4 is 22.7 Å². The summed E-state index contributed by atoms with van der Waals surface area (Å²) in [6.45, 7) is 10.7. The third kappa shape index (κ3) is 7.36. The second kappa shape index (κ2) is 14.6. The van der Waals surface area contributed by atoms with Crippen LogP contribution in [0.4, 0.5) is 22.7 Å². The van der Waals surface area contributed by atoms with Crippen LogP contribution in [-0.4, -0.2) is 6.04 Å². The fraction of sp³-hybridized carbons (Fsp3) is 0.333. The fourth-order valence-corrected chi connectivity index (χ4v) is 6.66. The van der Waals surface area contributed by atoms with Crippen molar-refractivity contribution in [2.45, 2.75) is 91.0 Å². The van der Waals surface area contributed by atoms with Crippen LogP contribution >= 0.6 is 0 Å². The van der Waals surface area contributed by atoms with E-state index in [-0.39, 0.29) is 5.41 Å². The average molecular weight is 583 g/mol. The molecule has 0 spiro atoms. The van der Waals surface area contributed by atoms with Crippen molar-refractivity contribution in [3.63, 3.8) is 0 Å². The summed E-state index contributed by atoms with van der Waals surface area (Å²) in [5.41, 5.74) is 11.6. The topological polar surface area (TPSA) is 15.3 Å². The van der Waals surface area contributed by atoms with Crippen molar-refractivity contribution in [2.75, 3.05) is 10.2 Å². The summed E-state index contributed by atoms with van der Waals surface area (Å²) in [5.74, 6) is 0. The fourth-order valence-electron chi connectivity index (χ4n) is 6.66. The van der Waals surface area contributed by atoms with Gasteiger partial charge in [-0.25, -0.2) is 0 Å². The first-order valence-electron chi connectivity index (χ1n) is 16.7. The molecule has 0 bridgehead atoms. The number of allylic oxidation sites excluding steroid dienone is 2. The largest absolute Gasteiger partial charge is 0.356 e. The number of anilines is 4. The summed E-state index contributed by atoms with van der Waals surface area (Å²) >= 11 is 0. The summed E-state index contributed by atoms with van der Waals surface area (Å²) < 4.78 is 0.